The number of hydrogen-bond donors (Lipinski definition) is 1. The third-order valence-electron chi connectivity index (χ3n) is 3.76. The van der Waals surface area contributed by atoms with Gasteiger partial charge in [-0.05, 0) is 24.3 Å². The number of anilines is 2. The van der Waals surface area contributed by atoms with E-state index in [0.717, 1.165) is 0 Å². The second-order valence-electron chi connectivity index (χ2n) is 6.06. The van der Waals surface area contributed by atoms with Crippen LogP contribution in [0, 0.1) is 0 Å². The molecule has 0 saturated heterocycles. The van der Waals surface area contributed by atoms with Crippen LogP contribution in [0.3, 0.4) is 0 Å². The molecule has 14 heteroatoms. The van der Waals surface area contributed by atoms with Gasteiger partial charge in [0.15, 0.2) is 5.75 Å². The van der Waals surface area contributed by atoms with Gasteiger partial charge in [-0.3, -0.25) is 0 Å². The van der Waals surface area contributed by atoms with E-state index < -0.39 is 28.5 Å². The maximum Gasteiger partial charge on any atom is 0.417 e. The molecule has 32 heavy (non-hydrogen) atoms. The molecule has 170 valence electrons. The lowest BCUT2D eigenvalue weighted by Gasteiger charge is -2.14. The third kappa shape index (κ3) is 5.61. The van der Waals surface area contributed by atoms with Crippen LogP contribution in [0.15, 0.2) is 36.7 Å². The maximum atomic E-state index is 12.7. The summed E-state index contributed by atoms with van der Waals surface area (Å²) in [4.78, 5) is 7.15. The number of alkyl halides is 6. The lowest BCUT2D eigenvalue weighted by Crippen LogP contribution is -2.06. The van der Waals surface area contributed by atoms with Gasteiger partial charge in [0.2, 0.25) is 5.88 Å². The van der Waals surface area contributed by atoms with E-state index in [0.29, 0.717) is 24.5 Å². The van der Waals surface area contributed by atoms with Crippen molar-refractivity contribution in [3.05, 3.63) is 67.9 Å². The van der Waals surface area contributed by atoms with E-state index in [2.05, 4.69) is 15.3 Å². The van der Waals surface area contributed by atoms with Crippen molar-refractivity contribution in [2.75, 3.05) is 5.32 Å². The minimum atomic E-state index is -4.65. The van der Waals surface area contributed by atoms with E-state index in [4.69, 9.17) is 51.1 Å². The van der Waals surface area contributed by atoms with Gasteiger partial charge in [0.25, 0.3) is 0 Å². The highest BCUT2D eigenvalue weighted by Gasteiger charge is 2.32. The van der Waals surface area contributed by atoms with Crippen LogP contribution in [0.4, 0.5) is 37.8 Å². The molecule has 3 rings (SSSR count). The SMILES string of the molecule is FC(F)(F)c1cnc(Nc2cc(Cl)c(Oc3ncc(C(F)(F)F)cc3Cl)c(Cl)c2)c(Cl)c1. The highest BCUT2D eigenvalue weighted by Crippen LogP contribution is 2.42. The second kappa shape index (κ2) is 9.01. The van der Waals surface area contributed by atoms with Crippen LogP contribution in [-0.2, 0) is 12.4 Å². The number of pyridine rings is 2. The molecule has 0 radical (unpaired) electrons. The Morgan fingerprint density at radius 2 is 1.19 bits per heavy atom. The van der Waals surface area contributed by atoms with Crippen LogP contribution in [0.5, 0.6) is 11.6 Å². The number of hydrogen-bond acceptors (Lipinski definition) is 4. The van der Waals surface area contributed by atoms with E-state index in [1.807, 2.05) is 0 Å². The lowest BCUT2D eigenvalue weighted by atomic mass is 10.2. The number of halogens is 10. The fraction of sp³-hybridized carbons (Fsp3) is 0.111. The Labute approximate surface area is 196 Å². The number of aromatic nitrogens is 2. The van der Waals surface area contributed by atoms with Gasteiger partial charge < -0.3 is 10.1 Å². The molecule has 2 heterocycles. The zero-order chi connectivity index (χ0) is 23.8. The first kappa shape index (κ1) is 24.5. The Kier molecular flexibility index (Phi) is 6.90. The van der Waals surface area contributed by atoms with Crippen molar-refractivity contribution >= 4 is 57.9 Å². The minimum absolute atomic E-state index is 0.104. The molecular formula is C18H7Cl4F6N3O. The summed E-state index contributed by atoms with van der Waals surface area (Å²) in [6, 6.07) is 3.86. The van der Waals surface area contributed by atoms with Crippen LogP contribution < -0.4 is 10.1 Å². The van der Waals surface area contributed by atoms with Gasteiger partial charge in [0.1, 0.15) is 10.8 Å². The van der Waals surface area contributed by atoms with Crippen molar-refractivity contribution in [2.45, 2.75) is 12.4 Å². The minimum Gasteiger partial charge on any atom is -0.434 e. The predicted molar refractivity (Wildman–Crippen MR) is 108 cm³/mol. The van der Waals surface area contributed by atoms with E-state index >= 15 is 0 Å². The van der Waals surface area contributed by atoms with Crippen LogP contribution in [0.2, 0.25) is 20.1 Å². The van der Waals surface area contributed by atoms with Gasteiger partial charge in [0.05, 0.1) is 26.2 Å². The third-order valence-corrected chi connectivity index (χ3v) is 4.88. The molecule has 1 N–H and O–H groups in total. The molecule has 0 spiro atoms. The molecule has 2 aromatic heterocycles. The van der Waals surface area contributed by atoms with Crippen molar-refractivity contribution in [3.8, 4) is 11.6 Å². The summed E-state index contributed by atoms with van der Waals surface area (Å²) >= 11 is 23.9. The van der Waals surface area contributed by atoms with Crippen LogP contribution in [0.1, 0.15) is 11.1 Å². The van der Waals surface area contributed by atoms with E-state index in [1.165, 1.54) is 12.1 Å². The average Bonchev–Trinajstić information content (AvgIpc) is 2.65. The van der Waals surface area contributed by atoms with Crippen LogP contribution >= 0.6 is 46.4 Å². The van der Waals surface area contributed by atoms with Crippen molar-refractivity contribution in [3.63, 3.8) is 0 Å². The summed E-state index contributed by atoms with van der Waals surface area (Å²) in [6.07, 6.45) is -8.15. The van der Waals surface area contributed by atoms with E-state index in [9.17, 15) is 26.3 Å². The highest BCUT2D eigenvalue weighted by molar-refractivity contribution is 6.38. The summed E-state index contributed by atoms with van der Waals surface area (Å²) in [7, 11) is 0. The first-order valence-corrected chi connectivity index (χ1v) is 9.66. The van der Waals surface area contributed by atoms with Gasteiger partial charge in [-0.15, -0.1) is 0 Å². The van der Waals surface area contributed by atoms with Crippen LogP contribution in [0.25, 0.3) is 0 Å². The summed E-state index contributed by atoms with van der Waals surface area (Å²) < 4.78 is 81.7. The average molecular weight is 537 g/mol. The molecule has 0 aliphatic heterocycles. The monoisotopic (exact) mass is 535 g/mol. The molecule has 0 aliphatic carbocycles. The molecule has 3 aromatic rings. The molecule has 1 aromatic carbocycles. The normalized spacial score (nSPS) is 12.1. The zero-order valence-corrected chi connectivity index (χ0v) is 18.1. The smallest absolute Gasteiger partial charge is 0.417 e. The number of rotatable bonds is 4. The van der Waals surface area contributed by atoms with Crippen molar-refractivity contribution < 1.29 is 31.1 Å². The summed E-state index contributed by atoms with van der Waals surface area (Å²) in [5.41, 5.74) is -1.92. The van der Waals surface area contributed by atoms with E-state index in [-0.39, 0.29) is 38.2 Å². The number of benzene rings is 1. The fourth-order valence-corrected chi connectivity index (χ4v) is 3.29. The Morgan fingerprint density at radius 1 is 0.688 bits per heavy atom. The highest BCUT2D eigenvalue weighted by atomic mass is 35.5. The fourth-order valence-electron chi connectivity index (χ4n) is 2.30. The van der Waals surface area contributed by atoms with Crippen molar-refractivity contribution in [1.29, 1.82) is 0 Å². The van der Waals surface area contributed by atoms with Gasteiger partial charge >= 0.3 is 12.4 Å². The number of nitrogens with one attached hydrogen (secondary N) is 1. The topological polar surface area (TPSA) is 47.0 Å². The standard InChI is InChI=1S/C18H7Cl4F6N3O/c19-10-3-9(31-15-12(21)1-7(5-29-15)17(23,24)25)4-11(20)14(10)32-16-13(22)2-8(6-30-16)18(26,27)28/h1-6H,(H,29,31). The second-order valence-corrected chi connectivity index (χ2v) is 7.69. The molecule has 4 nitrogen and oxygen atoms in total. The summed E-state index contributed by atoms with van der Waals surface area (Å²) in [5, 5.41) is 1.69. The quantitative estimate of drug-likeness (QED) is 0.339. The molecule has 0 amide bonds. The molecule has 0 saturated carbocycles. The van der Waals surface area contributed by atoms with Crippen molar-refractivity contribution in [1.82, 2.24) is 9.97 Å². The Hall–Kier alpha value is -2.14. The first-order valence-electron chi connectivity index (χ1n) is 8.15. The number of ether oxygens (including phenoxy) is 1. The Bertz CT molecular complexity index is 1150. The largest absolute Gasteiger partial charge is 0.434 e. The van der Waals surface area contributed by atoms with Gasteiger partial charge in [-0.25, -0.2) is 9.97 Å². The van der Waals surface area contributed by atoms with Gasteiger partial charge in [-0.2, -0.15) is 26.3 Å². The Morgan fingerprint density at radius 3 is 1.66 bits per heavy atom. The molecule has 0 unspecified atom stereocenters. The summed E-state index contributed by atoms with van der Waals surface area (Å²) in [6.45, 7) is 0. The Balaban J connectivity index is 1.85. The van der Waals surface area contributed by atoms with E-state index in [1.54, 1.807) is 0 Å². The van der Waals surface area contributed by atoms with Gasteiger partial charge in [-0.1, -0.05) is 46.4 Å². The van der Waals surface area contributed by atoms with Crippen molar-refractivity contribution in [2.24, 2.45) is 0 Å². The first-order chi connectivity index (χ1) is 14.8. The molecule has 0 bridgehead atoms. The zero-order valence-electron chi connectivity index (χ0n) is 15.0. The summed E-state index contributed by atoms with van der Waals surface area (Å²) in [5.74, 6) is -0.649. The van der Waals surface area contributed by atoms with Gasteiger partial charge in [0, 0.05) is 18.1 Å². The molecule has 0 aliphatic rings. The predicted octanol–water partition coefficient (Wildman–Crippen LogP) is 8.66. The molecule has 0 atom stereocenters. The molecular weight excluding hydrogens is 530 g/mol. The maximum absolute atomic E-state index is 12.7. The number of nitrogens with zero attached hydrogens (tertiary/aromatic N) is 2. The van der Waals surface area contributed by atoms with Crippen LogP contribution in [-0.4, -0.2) is 9.97 Å². The lowest BCUT2D eigenvalue weighted by molar-refractivity contribution is -0.138. The molecule has 0 fully saturated rings.